The van der Waals surface area contributed by atoms with E-state index in [-0.39, 0.29) is 5.91 Å². The van der Waals surface area contributed by atoms with Gasteiger partial charge in [0, 0.05) is 42.5 Å². The monoisotopic (exact) mass is 382 g/mol. The van der Waals surface area contributed by atoms with Crippen molar-refractivity contribution in [3.63, 3.8) is 0 Å². The molecule has 1 saturated heterocycles. The maximum Gasteiger partial charge on any atom is 0.265 e. The minimum absolute atomic E-state index is 0.133. The van der Waals surface area contributed by atoms with Crippen LogP contribution in [0.15, 0.2) is 24.5 Å². The first-order valence-electron chi connectivity index (χ1n) is 9.68. The van der Waals surface area contributed by atoms with Crippen LogP contribution in [-0.4, -0.2) is 38.4 Å². The lowest BCUT2D eigenvalue weighted by atomic mass is 9.99. The summed E-state index contributed by atoms with van der Waals surface area (Å²) in [5.74, 6) is 0.843. The number of hydrogen-bond acceptors (Lipinski definition) is 4. The van der Waals surface area contributed by atoms with E-state index in [4.69, 9.17) is 4.98 Å². The third kappa shape index (κ3) is 3.27. The molecule has 27 heavy (non-hydrogen) atoms. The van der Waals surface area contributed by atoms with E-state index < -0.39 is 0 Å². The summed E-state index contributed by atoms with van der Waals surface area (Å²) in [4.78, 5) is 25.1. The molecule has 0 radical (unpaired) electrons. The maximum absolute atomic E-state index is 13.0. The number of amides is 1. The van der Waals surface area contributed by atoms with Crippen molar-refractivity contribution in [2.24, 2.45) is 5.92 Å². The van der Waals surface area contributed by atoms with Gasteiger partial charge in [0.2, 0.25) is 0 Å². The van der Waals surface area contributed by atoms with Crippen LogP contribution in [0.25, 0.3) is 21.6 Å². The Kier molecular flexibility index (Phi) is 4.76. The summed E-state index contributed by atoms with van der Waals surface area (Å²) in [5.41, 5.74) is 2.85. The van der Waals surface area contributed by atoms with Crippen LogP contribution in [0.5, 0.6) is 0 Å². The van der Waals surface area contributed by atoms with Gasteiger partial charge in [-0.25, -0.2) is 9.97 Å². The van der Waals surface area contributed by atoms with Crippen molar-refractivity contribution in [3.8, 4) is 10.6 Å². The van der Waals surface area contributed by atoms with Crippen molar-refractivity contribution < 1.29 is 4.79 Å². The molecule has 0 bridgehead atoms. The zero-order valence-corrected chi connectivity index (χ0v) is 17.2. The van der Waals surface area contributed by atoms with Crippen LogP contribution in [0.3, 0.4) is 0 Å². The standard InChI is InChI=1S/C21H26N4OS/c1-13(2)25-12-17(16-6-5-9-22-19(16)25)20-23-15(4)18(27-20)21(26)24-10-7-14(3)8-11-24/h5-6,9,12-14H,7-8,10-11H2,1-4H3. The fourth-order valence-corrected chi connectivity index (χ4v) is 4.77. The van der Waals surface area contributed by atoms with E-state index in [1.807, 2.05) is 24.1 Å². The molecule has 0 aromatic carbocycles. The smallest absolute Gasteiger partial charge is 0.265 e. The number of likely N-dealkylation sites (tertiary alicyclic amines) is 1. The molecule has 1 aliphatic heterocycles. The second-order valence-electron chi connectivity index (χ2n) is 7.83. The number of pyridine rings is 1. The Bertz CT molecular complexity index is 979. The Morgan fingerprint density at radius 1 is 1.30 bits per heavy atom. The van der Waals surface area contributed by atoms with Gasteiger partial charge >= 0.3 is 0 Å². The Morgan fingerprint density at radius 3 is 2.74 bits per heavy atom. The number of carbonyl (C=O) groups excluding carboxylic acids is 1. The van der Waals surface area contributed by atoms with Gasteiger partial charge in [0.15, 0.2) is 0 Å². The van der Waals surface area contributed by atoms with Gasteiger partial charge in [0.1, 0.15) is 15.5 Å². The molecule has 0 aliphatic carbocycles. The number of rotatable bonds is 3. The molecule has 3 aromatic rings. The predicted octanol–water partition coefficient (Wildman–Crippen LogP) is 4.92. The number of carbonyl (C=O) groups is 1. The van der Waals surface area contributed by atoms with Crippen molar-refractivity contribution in [2.45, 2.75) is 46.6 Å². The highest BCUT2D eigenvalue weighted by Gasteiger charge is 2.26. The van der Waals surface area contributed by atoms with Gasteiger partial charge in [-0.15, -0.1) is 11.3 Å². The van der Waals surface area contributed by atoms with E-state index in [1.165, 1.54) is 11.3 Å². The number of aryl methyl sites for hydroxylation is 1. The molecular formula is C21H26N4OS. The first kappa shape index (κ1) is 18.2. The quantitative estimate of drug-likeness (QED) is 0.646. The van der Waals surface area contributed by atoms with Gasteiger partial charge in [-0.3, -0.25) is 4.79 Å². The Hall–Kier alpha value is -2.21. The molecule has 1 aliphatic rings. The van der Waals surface area contributed by atoms with Crippen molar-refractivity contribution in [1.82, 2.24) is 19.4 Å². The SMILES string of the molecule is Cc1nc(-c2cn(C(C)C)c3ncccc23)sc1C(=O)N1CCC(C)CC1. The van der Waals surface area contributed by atoms with Gasteiger partial charge in [-0.1, -0.05) is 6.92 Å². The molecule has 0 saturated carbocycles. The summed E-state index contributed by atoms with van der Waals surface area (Å²) in [6, 6.07) is 4.35. The van der Waals surface area contributed by atoms with E-state index in [1.54, 1.807) is 0 Å². The van der Waals surface area contributed by atoms with Crippen molar-refractivity contribution in [2.75, 3.05) is 13.1 Å². The van der Waals surface area contributed by atoms with Gasteiger partial charge in [0.05, 0.1) is 5.69 Å². The van der Waals surface area contributed by atoms with Crippen LogP contribution in [0.1, 0.15) is 55.0 Å². The number of hydrogen-bond donors (Lipinski definition) is 0. The largest absolute Gasteiger partial charge is 0.338 e. The Morgan fingerprint density at radius 2 is 2.04 bits per heavy atom. The van der Waals surface area contributed by atoms with Crippen LogP contribution in [-0.2, 0) is 0 Å². The molecule has 1 amide bonds. The zero-order valence-electron chi connectivity index (χ0n) is 16.4. The molecule has 0 spiro atoms. The lowest BCUT2D eigenvalue weighted by Crippen LogP contribution is -2.37. The minimum atomic E-state index is 0.133. The maximum atomic E-state index is 13.0. The van der Waals surface area contributed by atoms with Gasteiger partial charge in [0.25, 0.3) is 5.91 Å². The van der Waals surface area contributed by atoms with Crippen LogP contribution in [0.2, 0.25) is 0 Å². The molecule has 5 nitrogen and oxygen atoms in total. The second-order valence-corrected chi connectivity index (χ2v) is 8.83. The molecule has 6 heteroatoms. The molecule has 0 N–H and O–H groups in total. The van der Waals surface area contributed by atoms with E-state index in [0.717, 1.165) is 58.1 Å². The number of aromatic nitrogens is 3. The fourth-order valence-electron chi connectivity index (χ4n) is 3.71. The van der Waals surface area contributed by atoms with E-state index in [0.29, 0.717) is 12.0 Å². The van der Waals surface area contributed by atoms with Crippen molar-refractivity contribution >= 4 is 28.3 Å². The van der Waals surface area contributed by atoms with Crippen molar-refractivity contribution in [1.29, 1.82) is 0 Å². The lowest BCUT2D eigenvalue weighted by Gasteiger charge is -2.30. The molecule has 1 fully saturated rings. The molecule has 4 heterocycles. The molecule has 3 aromatic heterocycles. The van der Waals surface area contributed by atoms with E-state index in [2.05, 4.69) is 42.6 Å². The first-order chi connectivity index (χ1) is 13.0. The molecule has 4 rings (SSSR count). The Balaban J connectivity index is 1.72. The highest BCUT2D eigenvalue weighted by Crippen LogP contribution is 2.36. The van der Waals surface area contributed by atoms with Gasteiger partial charge < -0.3 is 9.47 Å². The minimum Gasteiger partial charge on any atom is -0.338 e. The summed E-state index contributed by atoms with van der Waals surface area (Å²) >= 11 is 1.51. The van der Waals surface area contributed by atoms with E-state index in [9.17, 15) is 4.79 Å². The lowest BCUT2D eigenvalue weighted by molar-refractivity contribution is 0.0701. The number of piperidine rings is 1. The van der Waals surface area contributed by atoms with Crippen LogP contribution < -0.4 is 0 Å². The number of thiazole rings is 1. The average Bonchev–Trinajstić information content (AvgIpc) is 3.22. The van der Waals surface area contributed by atoms with E-state index >= 15 is 0 Å². The summed E-state index contributed by atoms with van der Waals surface area (Å²) in [6.45, 7) is 10.2. The first-order valence-corrected chi connectivity index (χ1v) is 10.5. The second kappa shape index (κ2) is 7.08. The third-order valence-corrected chi connectivity index (χ3v) is 6.62. The average molecular weight is 383 g/mol. The summed E-state index contributed by atoms with van der Waals surface area (Å²) in [5, 5.41) is 1.99. The van der Waals surface area contributed by atoms with Gasteiger partial charge in [-0.05, 0) is 51.7 Å². The van der Waals surface area contributed by atoms with Crippen molar-refractivity contribution in [3.05, 3.63) is 35.1 Å². The molecular weight excluding hydrogens is 356 g/mol. The predicted molar refractivity (Wildman–Crippen MR) is 110 cm³/mol. The highest BCUT2D eigenvalue weighted by atomic mass is 32.1. The summed E-state index contributed by atoms with van der Waals surface area (Å²) in [7, 11) is 0. The third-order valence-electron chi connectivity index (χ3n) is 5.44. The van der Waals surface area contributed by atoms with Crippen LogP contribution >= 0.6 is 11.3 Å². The number of nitrogens with zero attached hydrogens (tertiary/aromatic N) is 4. The Labute approximate surface area is 164 Å². The topological polar surface area (TPSA) is 51.0 Å². The van der Waals surface area contributed by atoms with Crippen LogP contribution in [0.4, 0.5) is 0 Å². The summed E-state index contributed by atoms with van der Waals surface area (Å²) in [6.07, 6.45) is 6.12. The molecule has 0 atom stereocenters. The molecule has 142 valence electrons. The fraction of sp³-hybridized carbons (Fsp3) is 0.476. The zero-order chi connectivity index (χ0) is 19.1. The highest BCUT2D eigenvalue weighted by molar-refractivity contribution is 7.17. The van der Waals surface area contributed by atoms with Gasteiger partial charge in [-0.2, -0.15) is 0 Å². The number of fused-ring (bicyclic) bond motifs is 1. The van der Waals surface area contributed by atoms with Crippen LogP contribution in [0, 0.1) is 12.8 Å². The normalized spacial score (nSPS) is 15.8. The summed E-state index contributed by atoms with van der Waals surface area (Å²) < 4.78 is 2.18. The molecule has 0 unspecified atom stereocenters.